The fraction of sp³-hybridized carbons (Fsp3) is 1.00. The average molecular weight is 226 g/mol. The molecule has 0 saturated heterocycles. The summed E-state index contributed by atoms with van der Waals surface area (Å²) in [6.45, 7) is 0. The third kappa shape index (κ3) is 4.89. The topological polar surface area (TPSA) is 54.4 Å². The molecule has 0 aliphatic rings. The van der Waals surface area contributed by atoms with Crippen molar-refractivity contribution in [2.75, 3.05) is 0 Å². The summed E-state index contributed by atoms with van der Waals surface area (Å²) in [5.74, 6) is 0. The third-order valence-electron chi connectivity index (χ3n) is 0.292. The fourth-order valence-electron chi connectivity index (χ4n) is 0. The van der Waals surface area contributed by atoms with Crippen molar-refractivity contribution in [3.63, 3.8) is 0 Å². The van der Waals surface area contributed by atoms with E-state index < -0.39 is 13.2 Å². The molecule has 0 fully saturated rings. The van der Waals surface area contributed by atoms with Gasteiger partial charge >= 0.3 is 36.3 Å². The zero-order valence-electron chi connectivity index (χ0n) is 6.01. The maximum Gasteiger partial charge on any atom is 2.00 e. The molecular weight excluding hydrogens is 223 g/mol. The summed E-state index contributed by atoms with van der Waals surface area (Å²) in [6, 6.07) is 0. The van der Waals surface area contributed by atoms with Crippen LogP contribution in [0.4, 0.5) is 0 Å². The Balaban J connectivity index is -0.0000000817. The largest absolute Gasteiger partial charge is 2.00 e. The summed E-state index contributed by atoms with van der Waals surface area (Å²) in [5.41, 5.74) is 0. The van der Waals surface area contributed by atoms with Crippen molar-refractivity contribution in [1.82, 2.24) is 0 Å². The maximum atomic E-state index is 9.81. The van der Waals surface area contributed by atoms with Crippen LogP contribution in [0.3, 0.4) is 0 Å². The van der Waals surface area contributed by atoms with Crippen LogP contribution in [0.15, 0.2) is 0 Å². The minimum Gasteiger partial charge on any atom is -1.00 e. The second-order valence-corrected chi connectivity index (χ2v) is 5.44. The van der Waals surface area contributed by atoms with E-state index in [0.717, 1.165) is 0 Å². The molecule has 0 unspecified atom stereocenters. The predicted molar refractivity (Wildman–Crippen MR) is 39.8 cm³/mol. The van der Waals surface area contributed by atoms with Crippen LogP contribution in [-0.4, -0.2) is 39.1 Å². The maximum absolute atomic E-state index is 9.81. The summed E-state index contributed by atoms with van der Waals surface area (Å²) in [4.78, 5) is 0. The molecule has 0 aromatic rings. The zero-order chi connectivity index (χ0) is 7.00. The van der Waals surface area contributed by atoms with Crippen molar-refractivity contribution in [1.29, 1.82) is 0 Å². The smallest absolute Gasteiger partial charge is 1.00 e. The van der Waals surface area contributed by atoms with Crippen LogP contribution in [0.25, 0.3) is 0 Å². The Morgan fingerprint density at radius 1 is 1.33 bits per heavy atom. The number of hydrogen-bond acceptors (Lipinski definition) is 2. The number of halogens is 3. The molecule has 3 nitrogen and oxygen atoms in total. The standard InChI is InChI=1S/CHCl3O3S.Mg.2H/c2-1(3,4)8(5,6)7;;;/h(H,5,6,7);;;/q;+2;2*-1. The van der Waals surface area contributed by atoms with Crippen LogP contribution >= 0.6 is 34.8 Å². The molecule has 8 heteroatoms. The molecule has 0 amide bonds. The Labute approximate surface area is 86.5 Å². The van der Waals surface area contributed by atoms with Gasteiger partial charge in [-0.25, -0.2) is 0 Å². The molecule has 1 N–H and O–H groups in total. The van der Waals surface area contributed by atoms with E-state index in [1.165, 1.54) is 0 Å². The molecule has 0 aliphatic heterocycles. The van der Waals surface area contributed by atoms with Gasteiger partial charge in [0.2, 0.25) is 0 Å². The molecule has 0 spiro atoms. The summed E-state index contributed by atoms with van der Waals surface area (Å²) in [7, 11) is -4.54. The van der Waals surface area contributed by atoms with Gasteiger partial charge in [0.1, 0.15) is 0 Å². The van der Waals surface area contributed by atoms with Gasteiger partial charge in [0, 0.05) is 0 Å². The zero-order valence-corrected chi connectivity index (χ0v) is 8.51. The number of hydrogen-bond donors (Lipinski definition) is 1. The third-order valence-corrected chi connectivity index (χ3v) is 2.63. The van der Waals surface area contributed by atoms with Crippen LogP contribution in [-0.2, 0) is 10.1 Å². The van der Waals surface area contributed by atoms with Crippen molar-refractivity contribution in [2.24, 2.45) is 0 Å². The molecule has 0 aromatic heterocycles. The Kier molecular flexibility index (Phi) is 5.56. The van der Waals surface area contributed by atoms with E-state index in [1.54, 1.807) is 0 Å². The minimum atomic E-state index is -4.54. The van der Waals surface area contributed by atoms with Gasteiger partial charge in [-0.05, 0) is 0 Å². The van der Waals surface area contributed by atoms with Crippen molar-refractivity contribution in [3.8, 4) is 0 Å². The second kappa shape index (κ2) is 3.80. The van der Waals surface area contributed by atoms with Crippen LogP contribution in [0.5, 0.6) is 0 Å². The summed E-state index contributed by atoms with van der Waals surface area (Å²) < 4.78 is 24.9. The normalized spacial score (nSPS) is 12.4. The second-order valence-electron chi connectivity index (χ2n) is 0.921. The average Bonchev–Trinajstić information content (AvgIpc) is 1.25. The van der Waals surface area contributed by atoms with Gasteiger partial charge in [-0.3, -0.25) is 4.55 Å². The number of alkyl halides is 3. The summed E-state index contributed by atoms with van der Waals surface area (Å²) >= 11 is 14.1. The van der Waals surface area contributed by atoms with E-state index in [2.05, 4.69) is 0 Å². The summed E-state index contributed by atoms with van der Waals surface area (Å²) in [5, 5.41) is 0. The molecule has 0 atom stereocenters. The first-order valence-electron chi connectivity index (χ1n) is 1.29. The Morgan fingerprint density at radius 3 is 1.44 bits per heavy atom. The van der Waals surface area contributed by atoms with E-state index in [-0.39, 0.29) is 25.9 Å². The molecular formula is CH3Cl3MgO3S. The quantitative estimate of drug-likeness (QED) is 0.381. The predicted octanol–water partition coefficient (Wildman–Crippen LogP) is 1.05. The fourth-order valence-corrected chi connectivity index (χ4v) is 0. The van der Waals surface area contributed by atoms with Gasteiger partial charge < -0.3 is 2.85 Å². The monoisotopic (exact) mass is 224 g/mol. The van der Waals surface area contributed by atoms with E-state index in [4.69, 9.17) is 39.4 Å². The molecule has 0 saturated carbocycles. The van der Waals surface area contributed by atoms with E-state index in [1.807, 2.05) is 0 Å². The molecule has 9 heavy (non-hydrogen) atoms. The van der Waals surface area contributed by atoms with Crippen molar-refractivity contribution in [2.45, 2.75) is 3.12 Å². The first-order chi connectivity index (χ1) is 3.25. The van der Waals surface area contributed by atoms with Crippen molar-refractivity contribution in [3.05, 3.63) is 0 Å². The van der Waals surface area contributed by atoms with Crippen LogP contribution in [0.1, 0.15) is 2.85 Å². The Bertz CT molecular complexity index is 176. The molecule has 0 heterocycles. The molecule has 0 bridgehead atoms. The first kappa shape index (κ1) is 13.2. The van der Waals surface area contributed by atoms with E-state index in [0.29, 0.717) is 0 Å². The van der Waals surface area contributed by atoms with Gasteiger partial charge in [-0.1, -0.05) is 34.8 Å². The van der Waals surface area contributed by atoms with Crippen LogP contribution < -0.4 is 0 Å². The van der Waals surface area contributed by atoms with Crippen LogP contribution in [0, 0.1) is 0 Å². The van der Waals surface area contributed by atoms with Crippen molar-refractivity contribution < 1.29 is 15.8 Å². The van der Waals surface area contributed by atoms with Crippen molar-refractivity contribution >= 4 is 68.0 Å². The van der Waals surface area contributed by atoms with Gasteiger partial charge in [-0.15, -0.1) is 0 Å². The van der Waals surface area contributed by atoms with E-state index in [9.17, 15) is 8.42 Å². The minimum absolute atomic E-state index is 0. The Hall–Kier alpha value is 1.55. The molecule has 0 aromatic carbocycles. The SMILES string of the molecule is O=S(=O)(O)C(Cl)(Cl)Cl.[H-].[H-].[Mg+2]. The first-order valence-corrected chi connectivity index (χ1v) is 3.86. The Morgan fingerprint density at radius 2 is 1.44 bits per heavy atom. The molecule has 54 valence electrons. The van der Waals surface area contributed by atoms with Gasteiger partial charge in [0.15, 0.2) is 0 Å². The number of rotatable bonds is 0. The van der Waals surface area contributed by atoms with Gasteiger partial charge in [0.25, 0.3) is 0 Å². The molecule has 0 radical (unpaired) electrons. The molecule has 0 aliphatic carbocycles. The van der Waals surface area contributed by atoms with Gasteiger partial charge in [-0.2, -0.15) is 8.42 Å². The van der Waals surface area contributed by atoms with Crippen LogP contribution in [0.2, 0.25) is 0 Å². The molecule has 0 rings (SSSR count). The van der Waals surface area contributed by atoms with E-state index >= 15 is 0 Å². The van der Waals surface area contributed by atoms with Gasteiger partial charge in [0.05, 0.1) is 0 Å². The summed E-state index contributed by atoms with van der Waals surface area (Å²) in [6.07, 6.45) is 0.